The van der Waals surface area contributed by atoms with Crippen LogP contribution in [-0.2, 0) is 4.74 Å². The number of methoxy groups -OCH3 is 1. The van der Waals surface area contributed by atoms with Crippen molar-refractivity contribution in [2.75, 3.05) is 7.11 Å². The Kier molecular flexibility index (Phi) is 2.95. The number of pyridine rings is 1. The molecule has 0 aromatic carbocycles. The van der Waals surface area contributed by atoms with Gasteiger partial charge < -0.3 is 4.74 Å². The van der Waals surface area contributed by atoms with Crippen LogP contribution in [0.5, 0.6) is 0 Å². The molecule has 2 aromatic rings. The van der Waals surface area contributed by atoms with Crippen LogP contribution in [-0.4, -0.2) is 27.8 Å². The van der Waals surface area contributed by atoms with Crippen molar-refractivity contribution in [3.05, 3.63) is 52.6 Å². The van der Waals surface area contributed by atoms with Gasteiger partial charge in [0.2, 0.25) is 0 Å². The summed E-state index contributed by atoms with van der Waals surface area (Å²) in [7, 11) is 1.28. The quantitative estimate of drug-likeness (QED) is 0.700. The molecule has 0 aliphatic heterocycles. The first-order valence-corrected chi connectivity index (χ1v) is 4.81. The van der Waals surface area contributed by atoms with Gasteiger partial charge in [-0.05, 0) is 18.2 Å². The van der Waals surface area contributed by atoms with Gasteiger partial charge in [-0.3, -0.25) is 9.36 Å². The molecule has 0 aliphatic carbocycles. The van der Waals surface area contributed by atoms with Gasteiger partial charge >= 0.3 is 5.97 Å². The Morgan fingerprint density at radius 1 is 1.35 bits per heavy atom. The highest BCUT2D eigenvalue weighted by atomic mass is 16.5. The van der Waals surface area contributed by atoms with Crippen LogP contribution < -0.4 is 5.56 Å². The van der Waals surface area contributed by atoms with Crippen molar-refractivity contribution in [1.82, 2.24) is 14.8 Å². The topological polar surface area (TPSA) is 74.1 Å². The highest BCUT2D eigenvalue weighted by Gasteiger charge is 2.08. The van der Waals surface area contributed by atoms with Crippen molar-refractivity contribution in [3.8, 4) is 5.82 Å². The first kappa shape index (κ1) is 11.0. The predicted octanol–water partition coefficient (Wildman–Crippen LogP) is 0.414. The number of ether oxygens (including phenoxy) is 1. The molecule has 0 radical (unpaired) electrons. The van der Waals surface area contributed by atoms with Gasteiger partial charge in [0.25, 0.3) is 5.56 Å². The van der Waals surface area contributed by atoms with E-state index in [1.54, 1.807) is 12.1 Å². The van der Waals surface area contributed by atoms with Gasteiger partial charge in [-0.2, -0.15) is 5.10 Å². The van der Waals surface area contributed by atoms with Crippen molar-refractivity contribution in [2.45, 2.75) is 0 Å². The van der Waals surface area contributed by atoms with E-state index in [0.29, 0.717) is 5.82 Å². The van der Waals surface area contributed by atoms with Gasteiger partial charge in [0.05, 0.1) is 12.7 Å². The molecule has 0 unspecified atom stereocenters. The van der Waals surface area contributed by atoms with E-state index in [1.165, 1.54) is 36.2 Å². The van der Waals surface area contributed by atoms with Crippen LogP contribution in [0.3, 0.4) is 0 Å². The predicted molar refractivity (Wildman–Crippen MR) is 59.0 cm³/mol. The molecule has 0 saturated heterocycles. The minimum atomic E-state index is -0.511. The monoisotopic (exact) mass is 231 g/mol. The van der Waals surface area contributed by atoms with Crippen LogP contribution in [0.25, 0.3) is 5.82 Å². The maximum absolute atomic E-state index is 11.6. The van der Waals surface area contributed by atoms with Gasteiger partial charge in [0.1, 0.15) is 0 Å². The van der Waals surface area contributed by atoms with E-state index < -0.39 is 5.97 Å². The zero-order valence-electron chi connectivity index (χ0n) is 9.03. The van der Waals surface area contributed by atoms with Crippen LogP contribution in [0, 0.1) is 0 Å². The molecule has 86 valence electrons. The molecule has 0 saturated carbocycles. The number of carbonyl (C=O) groups is 1. The lowest BCUT2D eigenvalue weighted by molar-refractivity contribution is 0.0600. The third kappa shape index (κ3) is 2.20. The number of aromatic nitrogens is 3. The van der Waals surface area contributed by atoms with Gasteiger partial charge in [-0.1, -0.05) is 0 Å². The molecule has 17 heavy (non-hydrogen) atoms. The first-order valence-electron chi connectivity index (χ1n) is 4.81. The van der Waals surface area contributed by atoms with E-state index in [9.17, 15) is 9.59 Å². The summed E-state index contributed by atoms with van der Waals surface area (Å²) in [6.07, 6.45) is 2.87. The Hall–Kier alpha value is -2.50. The molecular formula is C11H9N3O3. The second-order valence-electron chi connectivity index (χ2n) is 3.20. The average molecular weight is 231 g/mol. The van der Waals surface area contributed by atoms with E-state index in [4.69, 9.17) is 0 Å². The third-order valence-electron chi connectivity index (χ3n) is 2.14. The number of esters is 1. The summed E-state index contributed by atoms with van der Waals surface area (Å²) in [4.78, 5) is 23.0. The minimum absolute atomic E-state index is 0.276. The van der Waals surface area contributed by atoms with Crippen molar-refractivity contribution in [2.24, 2.45) is 0 Å². The van der Waals surface area contributed by atoms with Crippen LogP contribution in [0.15, 0.2) is 41.5 Å². The molecule has 2 aromatic heterocycles. The Morgan fingerprint density at radius 2 is 2.18 bits per heavy atom. The number of hydrogen-bond acceptors (Lipinski definition) is 5. The summed E-state index contributed by atoms with van der Waals surface area (Å²) in [5.74, 6) is -0.161. The maximum atomic E-state index is 11.6. The summed E-state index contributed by atoms with van der Waals surface area (Å²) in [5.41, 5.74) is -0.0177. The summed E-state index contributed by atoms with van der Waals surface area (Å²) >= 11 is 0. The molecule has 0 bridgehead atoms. The second kappa shape index (κ2) is 4.56. The van der Waals surface area contributed by atoms with Crippen molar-refractivity contribution < 1.29 is 9.53 Å². The number of nitrogens with zero attached hydrogens (tertiary/aromatic N) is 3. The van der Waals surface area contributed by atoms with Gasteiger partial charge in [-0.15, -0.1) is 5.10 Å². The smallest absolute Gasteiger partial charge is 0.339 e. The van der Waals surface area contributed by atoms with Crippen molar-refractivity contribution >= 4 is 5.97 Å². The van der Waals surface area contributed by atoms with Crippen molar-refractivity contribution in [1.29, 1.82) is 0 Å². The lowest BCUT2D eigenvalue weighted by Gasteiger charge is -2.05. The van der Waals surface area contributed by atoms with Crippen molar-refractivity contribution in [3.63, 3.8) is 0 Å². The summed E-state index contributed by atoms with van der Waals surface area (Å²) in [6, 6.07) is 5.96. The highest BCUT2D eigenvalue weighted by Crippen LogP contribution is 2.03. The maximum Gasteiger partial charge on any atom is 0.339 e. The molecule has 0 atom stereocenters. The van der Waals surface area contributed by atoms with E-state index in [2.05, 4.69) is 14.9 Å². The molecule has 2 heterocycles. The molecule has 0 fully saturated rings. The van der Waals surface area contributed by atoms with Gasteiger partial charge in [0.15, 0.2) is 5.82 Å². The first-order chi connectivity index (χ1) is 8.22. The number of rotatable bonds is 2. The summed E-state index contributed by atoms with van der Waals surface area (Å²) in [6.45, 7) is 0. The molecule has 0 aliphatic rings. The molecule has 2 rings (SSSR count). The fraction of sp³-hybridized carbons (Fsp3) is 0.0909. The van der Waals surface area contributed by atoms with Crippen LogP contribution >= 0.6 is 0 Å². The summed E-state index contributed by atoms with van der Waals surface area (Å²) < 4.78 is 5.81. The fourth-order valence-corrected chi connectivity index (χ4v) is 1.33. The Labute approximate surface area is 96.5 Å². The van der Waals surface area contributed by atoms with E-state index in [1.807, 2.05) is 0 Å². The fourth-order valence-electron chi connectivity index (χ4n) is 1.33. The molecule has 0 amide bonds. The Morgan fingerprint density at radius 3 is 2.82 bits per heavy atom. The van der Waals surface area contributed by atoms with E-state index in [-0.39, 0.29) is 11.1 Å². The van der Waals surface area contributed by atoms with Crippen LogP contribution in [0.1, 0.15) is 10.4 Å². The standard InChI is InChI=1S/C11H9N3O3/c1-17-11(16)8-4-5-10(15)14(7-8)9-3-2-6-12-13-9/h2-7H,1H3. The highest BCUT2D eigenvalue weighted by molar-refractivity contribution is 5.88. The zero-order chi connectivity index (χ0) is 12.3. The lowest BCUT2D eigenvalue weighted by atomic mass is 10.3. The number of carbonyl (C=O) groups excluding carboxylic acids is 1. The SMILES string of the molecule is COC(=O)c1ccc(=O)n(-c2cccnn2)c1. The normalized spacial score (nSPS) is 9.94. The Balaban J connectivity index is 2.55. The molecule has 0 spiro atoms. The Bertz CT molecular complexity index is 592. The van der Waals surface area contributed by atoms with Gasteiger partial charge in [0, 0.05) is 18.5 Å². The molecule has 6 nitrogen and oxygen atoms in total. The zero-order valence-corrected chi connectivity index (χ0v) is 9.03. The molecular weight excluding hydrogens is 222 g/mol. The lowest BCUT2D eigenvalue weighted by Crippen LogP contribution is -2.19. The van der Waals surface area contributed by atoms with Crippen LogP contribution in [0.4, 0.5) is 0 Å². The van der Waals surface area contributed by atoms with E-state index in [0.717, 1.165) is 0 Å². The third-order valence-corrected chi connectivity index (χ3v) is 2.14. The molecule has 6 heteroatoms. The second-order valence-corrected chi connectivity index (χ2v) is 3.20. The largest absolute Gasteiger partial charge is 0.465 e. The average Bonchev–Trinajstić information content (AvgIpc) is 2.39. The van der Waals surface area contributed by atoms with Crippen LogP contribution in [0.2, 0.25) is 0 Å². The molecule has 0 N–H and O–H groups in total. The summed E-state index contributed by atoms with van der Waals surface area (Å²) in [5, 5.41) is 7.47. The van der Waals surface area contributed by atoms with Gasteiger partial charge in [-0.25, -0.2) is 4.79 Å². The van der Waals surface area contributed by atoms with E-state index >= 15 is 0 Å². The number of hydrogen-bond donors (Lipinski definition) is 0. The minimum Gasteiger partial charge on any atom is -0.465 e.